The molecule has 34 heavy (non-hydrogen) atoms. The van der Waals surface area contributed by atoms with E-state index in [2.05, 4.69) is 5.32 Å². The maximum absolute atomic E-state index is 13.4. The number of carbonyl (C=O) groups excluding carboxylic acids is 2. The number of aryl methyl sites for hydroxylation is 1. The quantitative estimate of drug-likeness (QED) is 0.461. The average molecular weight is 455 g/mol. The van der Waals surface area contributed by atoms with Crippen LogP contribution in [0.3, 0.4) is 0 Å². The summed E-state index contributed by atoms with van der Waals surface area (Å²) in [4.78, 5) is 28.2. The van der Waals surface area contributed by atoms with Gasteiger partial charge in [-0.25, -0.2) is 0 Å². The van der Waals surface area contributed by atoms with Crippen LogP contribution in [0, 0.1) is 0 Å². The number of amides is 1. The summed E-state index contributed by atoms with van der Waals surface area (Å²) >= 11 is 0. The number of allylic oxidation sites excluding steroid dienone is 1. The third kappa shape index (κ3) is 6.42. The van der Waals surface area contributed by atoms with Crippen molar-refractivity contribution < 1.29 is 14.3 Å². The van der Waals surface area contributed by atoms with Gasteiger partial charge in [0.1, 0.15) is 12.6 Å². The van der Waals surface area contributed by atoms with Crippen molar-refractivity contribution in [2.75, 3.05) is 4.90 Å². The monoisotopic (exact) mass is 454 g/mol. The van der Waals surface area contributed by atoms with Crippen molar-refractivity contribution in [3.8, 4) is 0 Å². The smallest absolute Gasteiger partial charge is 0.323 e. The number of nitrogens with zero attached hydrogens (tertiary/aromatic N) is 1. The van der Waals surface area contributed by atoms with Crippen LogP contribution in [0.1, 0.15) is 30.4 Å². The SMILES string of the molecule is O=C(OCc1ccccc1)C(CCc1ccccc1)NC1CCC=CN(c2ccccc2)C1=O. The highest BCUT2D eigenvalue weighted by Gasteiger charge is 2.31. The summed E-state index contributed by atoms with van der Waals surface area (Å²) in [7, 11) is 0. The summed E-state index contributed by atoms with van der Waals surface area (Å²) in [5, 5.41) is 3.35. The summed E-state index contributed by atoms with van der Waals surface area (Å²) in [5.41, 5.74) is 2.89. The third-order valence-electron chi connectivity index (χ3n) is 5.92. The molecule has 0 fully saturated rings. The second-order valence-corrected chi connectivity index (χ2v) is 8.40. The molecular weight excluding hydrogens is 424 g/mol. The molecule has 1 heterocycles. The lowest BCUT2D eigenvalue weighted by Gasteiger charge is -2.27. The van der Waals surface area contributed by atoms with Gasteiger partial charge in [-0.1, -0.05) is 84.9 Å². The van der Waals surface area contributed by atoms with Crippen molar-refractivity contribution in [2.24, 2.45) is 0 Å². The first-order valence-electron chi connectivity index (χ1n) is 11.8. The van der Waals surface area contributed by atoms with Gasteiger partial charge < -0.3 is 4.74 Å². The van der Waals surface area contributed by atoms with Crippen LogP contribution < -0.4 is 10.2 Å². The minimum Gasteiger partial charge on any atom is -0.460 e. The number of rotatable bonds is 9. The average Bonchev–Trinajstić information content (AvgIpc) is 3.08. The van der Waals surface area contributed by atoms with Gasteiger partial charge in [0.05, 0.1) is 6.04 Å². The molecule has 174 valence electrons. The van der Waals surface area contributed by atoms with Gasteiger partial charge in [0.15, 0.2) is 0 Å². The van der Waals surface area contributed by atoms with Crippen LogP contribution in [-0.4, -0.2) is 24.0 Å². The second kappa shape index (κ2) is 12.0. The summed E-state index contributed by atoms with van der Waals surface area (Å²) in [6.45, 7) is 0.208. The van der Waals surface area contributed by atoms with E-state index >= 15 is 0 Å². The molecule has 1 amide bonds. The van der Waals surface area contributed by atoms with Gasteiger partial charge in [-0.3, -0.25) is 19.8 Å². The Hall–Kier alpha value is -3.70. The molecule has 3 aromatic carbocycles. The number of hydrogen-bond acceptors (Lipinski definition) is 4. The van der Waals surface area contributed by atoms with E-state index in [1.165, 1.54) is 0 Å². The molecule has 2 atom stereocenters. The normalized spacial score (nSPS) is 16.6. The Morgan fingerprint density at radius 3 is 2.21 bits per heavy atom. The Bertz CT molecular complexity index is 1080. The van der Waals surface area contributed by atoms with Crippen molar-refractivity contribution >= 4 is 17.6 Å². The van der Waals surface area contributed by atoms with Gasteiger partial charge in [0.25, 0.3) is 0 Å². The number of benzene rings is 3. The summed E-state index contributed by atoms with van der Waals surface area (Å²) in [6.07, 6.45) is 6.44. The first-order valence-corrected chi connectivity index (χ1v) is 11.8. The molecule has 0 aromatic heterocycles. The molecule has 0 saturated carbocycles. The van der Waals surface area contributed by atoms with Crippen LogP contribution in [0.25, 0.3) is 0 Å². The Balaban J connectivity index is 1.47. The Morgan fingerprint density at radius 1 is 0.912 bits per heavy atom. The van der Waals surface area contributed by atoms with Gasteiger partial charge >= 0.3 is 5.97 Å². The Kier molecular flexibility index (Phi) is 8.25. The molecule has 5 heteroatoms. The molecule has 4 rings (SSSR count). The number of carbonyl (C=O) groups is 2. The molecule has 1 aliphatic heterocycles. The van der Waals surface area contributed by atoms with Crippen LogP contribution in [0.15, 0.2) is 103 Å². The lowest BCUT2D eigenvalue weighted by Crippen LogP contribution is -2.51. The zero-order chi connectivity index (χ0) is 23.6. The van der Waals surface area contributed by atoms with Crippen molar-refractivity contribution in [2.45, 2.75) is 44.4 Å². The standard InChI is InChI=1S/C29H30N2O3/c32-28-26(18-10-11-21-31(28)25-16-8-3-9-17-25)30-27(20-19-23-12-4-1-5-13-23)29(33)34-22-24-14-6-2-7-15-24/h1-9,11-17,21,26-27,30H,10,18-20,22H2. The fourth-order valence-corrected chi connectivity index (χ4v) is 4.06. The molecule has 5 nitrogen and oxygen atoms in total. The lowest BCUT2D eigenvalue weighted by molar-refractivity contribution is -0.148. The van der Waals surface area contributed by atoms with E-state index in [4.69, 9.17) is 4.74 Å². The first-order chi connectivity index (χ1) is 16.7. The minimum atomic E-state index is -0.589. The van der Waals surface area contributed by atoms with E-state index in [0.717, 1.165) is 23.2 Å². The molecule has 0 aliphatic carbocycles. The van der Waals surface area contributed by atoms with Crippen LogP contribution >= 0.6 is 0 Å². The van der Waals surface area contributed by atoms with Gasteiger partial charge in [-0.2, -0.15) is 0 Å². The zero-order valence-electron chi connectivity index (χ0n) is 19.2. The van der Waals surface area contributed by atoms with Gasteiger partial charge in [-0.05, 0) is 48.9 Å². The fourth-order valence-electron chi connectivity index (χ4n) is 4.06. The number of esters is 1. The molecule has 3 aromatic rings. The number of ether oxygens (including phenoxy) is 1. The van der Waals surface area contributed by atoms with Crippen molar-refractivity contribution in [1.82, 2.24) is 5.32 Å². The zero-order valence-corrected chi connectivity index (χ0v) is 19.2. The fraction of sp³-hybridized carbons (Fsp3) is 0.241. The molecule has 0 radical (unpaired) electrons. The summed E-state index contributed by atoms with van der Waals surface area (Å²) < 4.78 is 5.66. The van der Waals surface area contributed by atoms with Crippen LogP contribution in [0.5, 0.6) is 0 Å². The topological polar surface area (TPSA) is 58.6 Å². The van der Waals surface area contributed by atoms with E-state index in [0.29, 0.717) is 19.3 Å². The predicted octanol–water partition coefficient (Wildman–Crippen LogP) is 5.03. The summed E-state index contributed by atoms with van der Waals surface area (Å²) in [6, 6.07) is 28.2. The van der Waals surface area contributed by atoms with Gasteiger partial charge in [-0.15, -0.1) is 0 Å². The second-order valence-electron chi connectivity index (χ2n) is 8.40. The molecular formula is C29H30N2O3. The maximum atomic E-state index is 13.4. The predicted molar refractivity (Wildman–Crippen MR) is 134 cm³/mol. The van der Waals surface area contributed by atoms with Crippen molar-refractivity contribution in [3.05, 3.63) is 114 Å². The van der Waals surface area contributed by atoms with Crippen molar-refractivity contribution in [1.29, 1.82) is 0 Å². The molecule has 0 spiro atoms. The molecule has 2 unspecified atom stereocenters. The van der Waals surface area contributed by atoms with E-state index in [9.17, 15) is 9.59 Å². The van der Waals surface area contributed by atoms with Crippen molar-refractivity contribution in [3.63, 3.8) is 0 Å². The van der Waals surface area contributed by atoms with Crippen LogP contribution in [0.2, 0.25) is 0 Å². The molecule has 1 N–H and O–H groups in total. The van der Waals surface area contributed by atoms with Gasteiger partial charge in [0, 0.05) is 11.9 Å². The van der Waals surface area contributed by atoms with E-state index in [-0.39, 0.29) is 18.5 Å². The number of anilines is 1. The minimum absolute atomic E-state index is 0.0690. The molecule has 1 aliphatic rings. The molecule has 0 bridgehead atoms. The van der Waals surface area contributed by atoms with E-state index in [1.807, 2.05) is 103 Å². The molecule has 0 saturated heterocycles. The number of hydrogen-bond donors (Lipinski definition) is 1. The van der Waals surface area contributed by atoms with E-state index in [1.54, 1.807) is 4.90 Å². The number of nitrogens with one attached hydrogen (secondary N) is 1. The first kappa shape index (κ1) is 23.5. The Labute approximate surface area is 201 Å². The summed E-state index contributed by atoms with van der Waals surface area (Å²) in [5.74, 6) is -0.406. The highest BCUT2D eigenvalue weighted by Crippen LogP contribution is 2.20. The highest BCUT2D eigenvalue weighted by molar-refractivity contribution is 5.99. The maximum Gasteiger partial charge on any atom is 0.323 e. The van der Waals surface area contributed by atoms with Gasteiger partial charge in [0.2, 0.25) is 5.91 Å². The Morgan fingerprint density at radius 2 is 1.53 bits per heavy atom. The lowest BCUT2D eigenvalue weighted by atomic mass is 10.0. The van der Waals surface area contributed by atoms with E-state index < -0.39 is 12.1 Å². The third-order valence-corrected chi connectivity index (χ3v) is 5.92. The largest absolute Gasteiger partial charge is 0.460 e. The number of para-hydroxylation sites is 1. The highest BCUT2D eigenvalue weighted by atomic mass is 16.5. The van der Waals surface area contributed by atoms with Crippen LogP contribution in [0.4, 0.5) is 5.69 Å². The van der Waals surface area contributed by atoms with Crippen LogP contribution in [-0.2, 0) is 27.4 Å².